The normalized spacial score (nSPS) is 12.8. The van der Waals surface area contributed by atoms with Crippen molar-refractivity contribution in [1.29, 1.82) is 0 Å². The third-order valence-electron chi connectivity index (χ3n) is 4.42. The van der Waals surface area contributed by atoms with Crippen molar-refractivity contribution in [2.24, 2.45) is 5.92 Å². The lowest BCUT2D eigenvalue weighted by atomic mass is 9.99. The molecule has 0 unspecified atom stereocenters. The fraction of sp³-hybridized carbons (Fsp3) is 1.00. The summed E-state index contributed by atoms with van der Waals surface area (Å²) in [7, 11) is 0. The van der Waals surface area contributed by atoms with Gasteiger partial charge in [0.05, 0.1) is 0 Å². The summed E-state index contributed by atoms with van der Waals surface area (Å²) in [5, 5.41) is 8.84. The van der Waals surface area contributed by atoms with E-state index in [4.69, 9.17) is 5.11 Å². The lowest BCUT2D eigenvalue weighted by Gasteiger charge is -2.08. The van der Waals surface area contributed by atoms with E-state index in [1.165, 1.54) is 89.9 Å². The molecule has 0 aromatic heterocycles. The summed E-state index contributed by atoms with van der Waals surface area (Å²) in [5.74, 6) is 0.715. The SMILES string of the molecule is CCCCCCCCCCCCCCC[C@@H](C)CCO. The Bertz CT molecular complexity index is 167. The Kier molecular flexibility index (Phi) is 17.0. The Hall–Kier alpha value is -0.0400. The van der Waals surface area contributed by atoms with E-state index in [0.29, 0.717) is 12.5 Å². The molecule has 0 aliphatic carbocycles. The van der Waals surface area contributed by atoms with Crippen LogP contribution in [0.2, 0.25) is 0 Å². The zero-order valence-corrected chi connectivity index (χ0v) is 14.3. The molecule has 0 aromatic carbocycles. The van der Waals surface area contributed by atoms with Crippen LogP contribution in [0.1, 0.15) is 110 Å². The zero-order chi connectivity index (χ0) is 14.9. The second-order valence-corrected chi connectivity index (χ2v) is 6.65. The van der Waals surface area contributed by atoms with Gasteiger partial charge in [0.25, 0.3) is 0 Å². The van der Waals surface area contributed by atoms with E-state index in [1.807, 2.05) is 0 Å². The van der Waals surface area contributed by atoms with Crippen molar-refractivity contribution in [3.8, 4) is 0 Å². The minimum atomic E-state index is 0.361. The van der Waals surface area contributed by atoms with Crippen molar-refractivity contribution in [2.45, 2.75) is 110 Å². The van der Waals surface area contributed by atoms with Gasteiger partial charge in [-0.3, -0.25) is 0 Å². The van der Waals surface area contributed by atoms with E-state index >= 15 is 0 Å². The first-order valence-corrected chi connectivity index (χ1v) is 9.42. The van der Waals surface area contributed by atoms with Crippen LogP contribution in [-0.4, -0.2) is 11.7 Å². The van der Waals surface area contributed by atoms with Crippen LogP contribution in [0.25, 0.3) is 0 Å². The average molecular weight is 285 g/mol. The van der Waals surface area contributed by atoms with Gasteiger partial charge in [0.15, 0.2) is 0 Å². The molecule has 1 N–H and O–H groups in total. The fourth-order valence-corrected chi connectivity index (χ4v) is 2.88. The van der Waals surface area contributed by atoms with Crippen molar-refractivity contribution in [3.63, 3.8) is 0 Å². The number of aliphatic hydroxyl groups excluding tert-OH is 1. The molecule has 0 heterocycles. The monoisotopic (exact) mass is 284 g/mol. The Morgan fingerprint density at radius 2 is 1.00 bits per heavy atom. The highest BCUT2D eigenvalue weighted by atomic mass is 16.3. The van der Waals surface area contributed by atoms with Crippen LogP contribution in [0.3, 0.4) is 0 Å². The molecule has 0 aromatic rings. The Labute approximate surface area is 128 Å². The lowest BCUT2D eigenvalue weighted by molar-refractivity contribution is 0.256. The molecule has 0 fully saturated rings. The van der Waals surface area contributed by atoms with Crippen LogP contribution in [0.4, 0.5) is 0 Å². The molecule has 0 rings (SSSR count). The average Bonchev–Trinajstić information content (AvgIpc) is 2.44. The molecule has 0 aliphatic heterocycles. The molecule has 0 aliphatic rings. The van der Waals surface area contributed by atoms with E-state index in [-0.39, 0.29) is 0 Å². The van der Waals surface area contributed by atoms with Crippen molar-refractivity contribution in [1.82, 2.24) is 0 Å². The van der Waals surface area contributed by atoms with Crippen LogP contribution in [0.5, 0.6) is 0 Å². The summed E-state index contributed by atoms with van der Waals surface area (Å²) < 4.78 is 0. The molecule has 0 radical (unpaired) electrons. The van der Waals surface area contributed by atoms with Gasteiger partial charge in [-0.1, -0.05) is 104 Å². The topological polar surface area (TPSA) is 20.2 Å². The van der Waals surface area contributed by atoms with Gasteiger partial charge < -0.3 is 5.11 Å². The summed E-state index contributed by atoms with van der Waals surface area (Å²) in [6.07, 6.45) is 20.9. The number of rotatable bonds is 16. The molecule has 0 amide bonds. The quantitative estimate of drug-likeness (QED) is 0.321. The van der Waals surface area contributed by atoms with Crippen molar-refractivity contribution in [3.05, 3.63) is 0 Å². The summed E-state index contributed by atoms with van der Waals surface area (Å²) in [6.45, 7) is 4.91. The molecular formula is C19H40O. The molecule has 20 heavy (non-hydrogen) atoms. The molecule has 1 nitrogen and oxygen atoms in total. The molecule has 0 saturated carbocycles. The largest absolute Gasteiger partial charge is 0.396 e. The van der Waals surface area contributed by atoms with E-state index in [2.05, 4.69) is 13.8 Å². The van der Waals surface area contributed by atoms with Crippen molar-refractivity contribution in [2.75, 3.05) is 6.61 Å². The molecule has 1 heteroatoms. The van der Waals surface area contributed by atoms with Crippen LogP contribution < -0.4 is 0 Å². The van der Waals surface area contributed by atoms with Gasteiger partial charge in [0.2, 0.25) is 0 Å². The maximum atomic E-state index is 8.84. The van der Waals surface area contributed by atoms with Gasteiger partial charge in [-0.15, -0.1) is 0 Å². The predicted octanol–water partition coefficient (Wildman–Crippen LogP) is 6.49. The number of aliphatic hydroxyl groups is 1. The van der Waals surface area contributed by atoms with Gasteiger partial charge in [0, 0.05) is 6.61 Å². The fourth-order valence-electron chi connectivity index (χ4n) is 2.88. The van der Waals surface area contributed by atoms with E-state index < -0.39 is 0 Å². The Balaban J connectivity index is 2.99. The zero-order valence-electron chi connectivity index (χ0n) is 14.3. The minimum Gasteiger partial charge on any atom is -0.396 e. The minimum absolute atomic E-state index is 0.361. The highest BCUT2D eigenvalue weighted by molar-refractivity contribution is 4.54. The van der Waals surface area contributed by atoms with Gasteiger partial charge in [-0.2, -0.15) is 0 Å². The van der Waals surface area contributed by atoms with Crippen LogP contribution in [0.15, 0.2) is 0 Å². The number of unbranched alkanes of at least 4 members (excludes halogenated alkanes) is 12. The summed E-state index contributed by atoms with van der Waals surface area (Å²) in [5.41, 5.74) is 0. The van der Waals surface area contributed by atoms with Crippen molar-refractivity contribution < 1.29 is 5.11 Å². The third-order valence-corrected chi connectivity index (χ3v) is 4.42. The lowest BCUT2D eigenvalue weighted by Crippen LogP contribution is -1.97. The van der Waals surface area contributed by atoms with E-state index in [1.54, 1.807) is 0 Å². The molecule has 122 valence electrons. The highest BCUT2D eigenvalue weighted by Crippen LogP contribution is 2.15. The van der Waals surface area contributed by atoms with Crippen LogP contribution in [0, 0.1) is 5.92 Å². The van der Waals surface area contributed by atoms with Gasteiger partial charge >= 0.3 is 0 Å². The third kappa shape index (κ3) is 16.0. The summed E-state index contributed by atoms with van der Waals surface area (Å²) >= 11 is 0. The molecule has 1 atom stereocenters. The Morgan fingerprint density at radius 1 is 0.600 bits per heavy atom. The van der Waals surface area contributed by atoms with Crippen LogP contribution in [-0.2, 0) is 0 Å². The first-order chi connectivity index (χ1) is 9.81. The van der Waals surface area contributed by atoms with E-state index in [9.17, 15) is 0 Å². The smallest absolute Gasteiger partial charge is 0.0433 e. The first-order valence-electron chi connectivity index (χ1n) is 9.42. The second-order valence-electron chi connectivity index (χ2n) is 6.65. The van der Waals surface area contributed by atoms with Gasteiger partial charge in [-0.25, -0.2) is 0 Å². The number of hydrogen-bond donors (Lipinski definition) is 1. The molecule has 0 bridgehead atoms. The standard InChI is InChI=1S/C19H40O/c1-3-4-5-6-7-8-9-10-11-12-13-14-15-16-19(2)17-18-20/h19-20H,3-18H2,1-2H3/t19-/m1/s1. The maximum absolute atomic E-state index is 8.84. The second kappa shape index (κ2) is 17.0. The van der Waals surface area contributed by atoms with Crippen LogP contribution >= 0.6 is 0 Å². The first kappa shape index (κ1) is 20.0. The summed E-state index contributed by atoms with van der Waals surface area (Å²) in [4.78, 5) is 0. The molecular weight excluding hydrogens is 244 g/mol. The predicted molar refractivity (Wildman–Crippen MR) is 91.2 cm³/mol. The summed E-state index contributed by atoms with van der Waals surface area (Å²) in [6, 6.07) is 0. The molecule has 0 spiro atoms. The number of hydrogen-bond acceptors (Lipinski definition) is 1. The van der Waals surface area contributed by atoms with Gasteiger partial charge in [0.1, 0.15) is 0 Å². The maximum Gasteiger partial charge on any atom is 0.0433 e. The highest BCUT2D eigenvalue weighted by Gasteiger charge is 2.00. The Morgan fingerprint density at radius 3 is 1.40 bits per heavy atom. The van der Waals surface area contributed by atoms with E-state index in [0.717, 1.165) is 6.42 Å². The van der Waals surface area contributed by atoms with Crippen molar-refractivity contribution >= 4 is 0 Å². The molecule has 0 saturated heterocycles. The van der Waals surface area contributed by atoms with Gasteiger partial charge in [-0.05, 0) is 12.3 Å².